The quantitative estimate of drug-likeness (QED) is 0.548. The lowest BCUT2D eigenvalue weighted by atomic mass is 10.0. The number of aryl methyl sites for hydroxylation is 2. The number of Topliss-reactive ketones (excluding diaryl/α,β-unsaturated/α-hetero) is 1. The summed E-state index contributed by atoms with van der Waals surface area (Å²) in [5, 5.41) is 0. The van der Waals surface area contributed by atoms with Crippen molar-refractivity contribution in [3.8, 4) is 5.75 Å². The van der Waals surface area contributed by atoms with E-state index >= 15 is 0 Å². The molecule has 5 nitrogen and oxygen atoms in total. The first-order chi connectivity index (χ1) is 13.0. The third kappa shape index (κ3) is 5.17. The zero-order valence-corrected chi connectivity index (χ0v) is 15.7. The number of benzene rings is 2. The van der Waals surface area contributed by atoms with Crippen molar-refractivity contribution in [2.75, 3.05) is 19.8 Å². The van der Waals surface area contributed by atoms with Gasteiger partial charge in [0.2, 0.25) is 5.78 Å². The van der Waals surface area contributed by atoms with E-state index in [0.29, 0.717) is 23.5 Å². The van der Waals surface area contributed by atoms with E-state index in [9.17, 15) is 9.59 Å². The standard InChI is InChI=1S/C22H24O5/c1-15-5-10-20(16(2)12-15)21(23)14-27-22(24)17-6-8-18(9-7-17)26-13-19-4-3-11-25-19/h5-10,12,19H,3-4,11,13-14H2,1-2H3/t19-/m1/s1. The van der Waals surface area contributed by atoms with Crippen molar-refractivity contribution in [1.82, 2.24) is 0 Å². The second-order valence-electron chi connectivity index (χ2n) is 6.79. The van der Waals surface area contributed by atoms with Crippen LogP contribution in [0.15, 0.2) is 42.5 Å². The van der Waals surface area contributed by atoms with E-state index in [1.165, 1.54) is 0 Å². The molecule has 0 amide bonds. The third-order valence-corrected chi connectivity index (χ3v) is 4.57. The van der Waals surface area contributed by atoms with Gasteiger partial charge in [0.1, 0.15) is 12.4 Å². The van der Waals surface area contributed by atoms with Crippen molar-refractivity contribution in [3.05, 3.63) is 64.7 Å². The molecule has 1 aliphatic heterocycles. The molecule has 0 N–H and O–H groups in total. The summed E-state index contributed by atoms with van der Waals surface area (Å²) in [6.45, 7) is 4.86. The first kappa shape index (κ1) is 19.1. The molecule has 5 heteroatoms. The normalized spacial score (nSPS) is 16.1. The molecule has 142 valence electrons. The molecule has 1 atom stereocenters. The van der Waals surface area contributed by atoms with Crippen molar-refractivity contribution < 1.29 is 23.8 Å². The minimum absolute atomic E-state index is 0.144. The van der Waals surface area contributed by atoms with Crippen LogP contribution in [0.4, 0.5) is 0 Å². The molecule has 0 bridgehead atoms. The van der Waals surface area contributed by atoms with Gasteiger partial charge in [0, 0.05) is 12.2 Å². The number of esters is 1. The Labute approximate surface area is 159 Å². The van der Waals surface area contributed by atoms with Gasteiger partial charge in [-0.05, 0) is 56.5 Å². The van der Waals surface area contributed by atoms with Crippen molar-refractivity contribution >= 4 is 11.8 Å². The summed E-state index contributed by atoms with van der Waals surface area (Å²) in [4.78, 5) is 24.4. The van der Waals surface area contributed by atoms with Gasteiger partial charge in [-0.2, -0.15) is 0 Å². The highest BCUT2D eigenvalue weighted by molar-refractivity contribution is 6.00. The van der Waals surface area contributed by atoms with Crippen LogP contribution in [0.1, 0.15) is 44.7 Å². The van der Waals surface area contributed by atoms with Gasteiger partial charge in [0.15, 0.2) is 6.61 Å². The molecule has 2 aromatic rings. The van der Waals surface area contributed by atoms with Gasteiger partial charge >= 0.3 is 5.97 Å². The molecule has 2 aromatic carbocycles. The molecular weight excluding hydrogens is 344 g/mol. The predicted molar refractivity (Wildman–Crippen MR) is 101 cm³/mol. The van der Waals surface area contributed by atoms with Gasteiger partial charge in [-0.1, -0.05) is 23.8 Å². The molecule has 0 aliphatic carbocycles. The van der Waals surface area contributed by atoms with Crippen LogP contribution in [0.5, 0.6) is 5.75 Å². The average molecular weight is 368 g/mol. The SMILES string of the molecule is Cc1ccc(C(=O)COC(=O)c2ccc(OC[C@H]3CCCO3)cc2)c(C)c1. The van der Waals surface area contributed by atoms with Crippen LogP contribution < -0.4 is 4.74 Å². The smallest absolute Gasteiger partial charge is 0.338 e. The molecule has 1 fully saturated rings. The third-order valence-electron chi connectivity index (χ3n) is 4.57. The average Bonchev–Trinajstić information content (AvgIpc) is 3.18. The van der Waals surface area contributed by atoms with Crippen molar-refractivity contribution in [1.29, 1.82) is 0 Å². The van der Waals surface area contributed by atoms with E-state index in [0.717, 1.165) is 30.6 Å². The number of ketones is 1. The molecule has 0 saturated carbocycles. The van der Waals surface area contributed by atoms with Crippen LogP contribution in [0, 0.1) is 13.8 Å². The first-order valence-electron chi connectivity index (χ1n) is 9.15. The van der Waals surface area contributed by atoms with E-state index in [-0.39, 0.29) is 18.5 Å². The van der Waals surface area contributed by atoms with Crippen LogP contribution in [0.2, 0.25) is 0 Å². The maximum Gasteiger partial charge on any atom is 0.338 e. The van der Waals surface area contributed by atoms with Crippen LogP contribution in [0.3, 0.4) is 0 Å². The van der Waals surface area contributed by atoms with Gasteiger partial charge in [0.25, 0.3) is 0 Å². The Morgan fingerprint density at radius 3 is 2.56 bits per heavy atom. The summed E-state index contributed by atoms with van der Waals surface area (Å²) in [5.41, 5.74) is 2.92. The van der Waals surface area contributed by atoms with Gasteiger partial charge in [-0.3, -0.25) is 4.79 Å². The summed E-state index contributed by atoms with van der Waals surface area (Å²) in [6, 6.07) is 12.3. The zero-order valence-electron chi connectivity index (χ0n) is 15.7. The van der Waals surface area contributed by atoms with Crippen LogP contribution in [-0.4, -0.2) is 37.7 Å². The molecule has 0 aromatic heterocycles. The van der Waals surface area contributed by atoms with Gasteiger partial charge in [-0.25, -0.2) is 4.79 Å². The lowest BCUT2D eigenvalue weighted by Gasteiger charge is -2.11. The predicted octanol–water partition coefficient (Wildman–Crippen LogP) is 3.90. The van der Waals surface area contributed by atoms with Crippen molar-refractivity contribution in [2.45, 2.75) is 32.8 Å². The van der Waals surface area contributed by atoms with E-state index in [2.05, 4.69) is 0 Å². The lowest BCUT2D eigenvalue weighted by molar-refractivity contribution is 0.0474. The number of carbonyl (C=O) groups excluding carboxylic acids is 2. The van der Waals surface area contributed by atoms with Crippen LogP contribution in [-0.2, 0) is 9.47 Å². The fourth-order valence-electron chi connectivity index (χ4n) is 3.07. The first-order valence-corrected chi connectivity index (χ1v) is 9.15. The van der Waals surface area contributed by atoms with E-state index in [1.54, 1.807) is 30.3 Å². The molecule has 1 aliphatic rings. The fourth-order valence-corrected chi connectivity index (χ4v) is 3.07. The Kier molecular flexibility index (Phi) is 6.24. The van der Waals surface area contributed by atoms with Gasteiger partial charge in [0.05, 0.1) is 11.7 Å². The molecule has 1 heterocycles. The maximum absolute atomic E-state index is 12.3. The second-order valence-corrected chi connectivity index (χ2v) is 6.79. The van der Waals surface area contributed by atoms with E-state index in [4.69, 9.17) is 14.2 Å². The number of hydrogen-bond donors (Lipinski definition) is 0. The maximum atomic E-state index is 12.3. The summed E-state index contributed by atoms with van der Waals surface area (Å²) in [5.74, 6) is -0.0652. The summed E-state index contributed by atoms with van der Waals surface area (Å²) >= 11 is 0. The fraction of sp³-hybridized carbons (Fsp3) is 0.364. The largest absolute Gasteiger partial charge is 0.491 e. The topological polar surface area (TPSA) is 61.8 Å². The van der Waals surface area contributed by atoms with E-state index in [1.807, 2.05) is 26.0 Å². The molecule has 1 saturated heterocycles. The molecule has 3 rings (SSSR count). The molecule has 27 heavy (non-hydrogen) atoms. The second kappa shape index (κ2) is 8.82. The molecule has 0 unspecified atom stereocenters. The minimum atomic E-state index is -0.529. The monoisotopic (exact) mass is 368 g/mol. The molecular formula is C22H24O5. The van der Waals surface area contributed by atoms with Gasteiger partial charge < -0.3 is 14.2 Å². The summed E-state index contributed by atoms with van der Waals surface area (Å²) in [7, 11) is 0. The zero-order chi connectivity index (χ0) is 19.2. The van der Waals surface area contributed by atoms with Crippen LogP contribution >= 0.6 is 0 Å². The Bertz CT molecular complexity index is 804. The highest BCUT2D eigenvalue weighted by Gasteiger charge is 2.17. The number of rotatable bonds is 7. The van der Waals surface area contributed by atoms with Gasteiger partial charge in [-0.15, -0.1) is 0 Å². The summed E-state index contributed by atoms with van der Waals surface area (Å²) < 4.78 is 16.3. The van der Waals surface area contributed by atoms with Crippen LogP contribution in [0.25, 0.3) is 0 Å². The highest BCUT2D eigenvalue weighted by Crippen LogP contribution is 2.17. The Hall–Kier alpha value is -2.66. The Morgan fingerprint density at radius 2 is 1.89 bits per heavy atom. The number of hydrogen-bond acceptors (Lipinski definition) is 5. The molecule has 0 radical (unpaired) electrons. The van der Waals surface area contributed by atoms with E-state index < -0.39 is 5.97 Å². The number of ether oxygens (including phenoxy) is 3. The highest BCUT2D eigenvalue weighted by atomic mass is 16.5. The van der Waals surface area contributed by atoms with Crippen molar-refractivity contribution in [2.24, 2.45) is 0 Å². The Balaban J connectivity index is 1.50. The number of carbonyl (C=O) groups is 2. The minimum Gasteiger partial charge on any atom is -0.491 e. The summed E-state index contributed by atoms with van der Waals surface area (Å²) in [6.07, 6.45) is 2.23. The molecule has 0 spiro atoms. The van der Waals surface area contributed by atoms with Crippen molar-refractivity contribution in [3.63, 3.8) is 0 Å². The lowest BCUT2D eigenvalue weighted by Crippen LogP contribution is -2.16. The Morgan fingerprint density at radius 1 is 1.11 bits per heavy atom.